The van der Waals surface area contributed by atoms with E-state index in [0.717, 1.165) is 38.5 Å². The number of nitrogens with one attached hydrogen (secondary N) is 1. The molecule has 0 aromatic heterocycles. The molecule has 5 aliphatic carbocycles. The third-order valence-corrected chi connectivity index (χ3v) is 12.3. The lowest BCUT2D eigenvalue weighted by Crippen LogP contribution is -2.70. The fourth-order valence-corrected chi connectivity index (χ4v) is 10.3. The van der Waals surface area contributed by atoms with Gasteiger partial charge >= 0.3 is 0 Å². The van der Waals surface area contributed by atoms with E-state index in [1.807, 2.05) is 26.0 Å². The minimum atomic E-state index is -0.623. The van der Waals surface area contributed by atoms with Gasteiger partial charge in [0, 0.05) is 36.4 Å². The van der Waals surface area contributed by atoms with Gasteiger partial charge in [-0.25, -0.2) is 5.43 Å². The Hall–Kier alpha value is -1.77. The number of fused-ring (bicyclic) bond motifs is 7. The Morgan fingerprint density at radius 1 is 0.973 bits per heavy atom. The van der Waals surface area contributed by atoms with Crippen LogP contribution < -0.4 is 5.43 Å². The van der Waals surface area contributed by atoms with Gasteiger partial charge in [-0.15, -0.1) is 0 Å². The van der Waals surface area contributed by atoms with Crippen molar-refractivity contribution in [2.75, 3.05) is 14.1 Å². The Morgan fingerprint density at radius 2 is 1.62 bits per heavy atom. The molecule has 5 heteroatoms. The fraction of sp³-hybridized carbons (Fsp3) is 0.781. The molecule has 37 heavy (non-hydrogen) atoms. The number of hydrazine groups is 1. The molecule has 1 N–H and O–H groups in total. The summed E-state index contributed by atoms with van der Waals surface area (Å²) in [5.74, 6) is 0.559. The van der Waals surface area contributed by atoms with E-state index in [2.05, 4.69) is 65.2 Å². The van der Waals surface area contributed by atoms with E-state index in [0.29, 0.717) is 0 Å². The number of nitriles is 1. The zero-order valence-electron chi connectivity index (χ0n) is 24.5. The molecule has 0 spiro atoms. The Balaban J connectivity index is 1.68. The van der Waals surface area contributed by atoms with Gasteiger partial charge < -0.3 is 0 Å². The highest BCUT2D eigenvalue weighted by molar-refractivity contribution is 6.04. The maximum atomic E-state index is 14.4. The third kappa shape index (κ3) is 3.40. The molecule has 5 aliphatic rings. The Morgan fingerprint density at radius 3 is 2.24 bits per heavy atom. The lowest BCUT2D eigenvalue weighted by molar-refractivity contribution is -0.166. The van der Waals surface area contributed by atoms with Crippen molar-refractivity contribution in [3.05, 3.63) is 23.3 Å². The first kappa shape index (κ1) is 26.8. The first-order valence-corrected chi connectivity index (χ1v) is 14.4. The molecule has 0 heterocycles. The highest BCUT2D eigenvalue weighted by Gasteiger charge is 2.69. The number of nitrogens with zero attached hydrogens (tertiary/aromatic N) is 2. The summed E-state index contributed by atoms with van der Waals surface area (Å²) in [5, 5.41) is 12.0. The lowest BCUT2D eigenvalue weighted by Gasteiger charge is -2.69. The fourth-order valence-electron chi connectivity index (χ4n) is 10.3. The van der Waals surface area contributed by atoms with Gasteiger partial charge in [0.25, 0.3) is 0 Å². The molecule has 3 saturated carbocycles. The molecular weight excluding hydrogens is 458 g/mol. The van der Waals surface area contributed by atoms with E-state index >= 15 is 0 Å². The quantitative estimate of drug-likeness (QED) is 0.464. The molecule has 0 radical (unpaired) electrons. The molecule has 5 rings (SSSR count). The van der Waals surface area contributed by atoms with Crippen LogP contribution in [0.1, 0.15) is 93.4 Å². The van der Waals surface area contributed by atoms with Crippen LogP contribution in [0.5, 0.6) is 0 Å². The van der Waals surface area contributed by atoms with Gasteiger partial charge in [0.15, 0.2) is 11.6 Å². The summed E-state index contributed by atoms with van der Waals surface area (Å²) in [7, 11) is 4.16. The van der Waals surface area contributed by atoms with Crippen LogP contribution >= 0.6 is 0 Å². The number of Topliss-reactive ketones (excluding diaryl/α,β-unsaturated/α-hetero) is 1. The summed E-state index contributed by atoms with van der Waals surface area (Å²) in [6.07, 6.45) is 11.3. The monoisotopic (exact) mass is 505 g/mol. The highest BCUT2D eigenvalue weighted by atomic mass is 16.1. The molecule has 202 valence electrons. The van der Waals surface area contributed by atoms with Gasteiger partial charge in [0.1, 0.15) is 6.07 Å². The molecule has 0 bridgehead atoms. The van der Waals surface area contributed by atoms with Gasteiger partial charge in [-0.2, -0.15) is 5.26 Å². The highest BCUT2D eigenvalue weighted by Crippen LogP contribution is 2.73. The summed E-state index contributed by atoms with van der Waals surface area (Å²) in [6.45, 7) is 15.8. The molecular formula is C32H47N3O2. The molecule has 0 saturated heterocycles. The van der Waals surface area contributed by atoms with Gasteiger partial charge in [-0.3, -0.25) is 14.6 Å². The Kier molecular flexibility index (Phi) is 5.72. The van der Waals surface area contributed by atoms with E-state index in [1.54, 1.807) is 0 Å². The van der Waals surface area contributed by atoms with Crippen molar-refractivity contribution in [3.8, 4) is 6.07 Å². The van der Waals surface area contributed by atoms with E-state index in [9.17, 15) is 14.9 Å². The second-order valence-electron chi connectivity index (χ2n) is 15.4. The number of ketones is 2. The van der Waals surface area contributed by atoms with E-state index in [-0.39, 0.29) is 56.7 Å². The topological polar surface area (TPSA) is 73.2 Å². The van der Waals surface area contributed by atoms with Crippen molar-refractivity contribution in [1.29, 1.82) is 5.26 Å². The predicted molar refractivity (Wildman–Crippen MR) is 146 cm³/mol. The average Bonchev–Trinajstić information content (AvgIpc) is 2.78. The van der Waals surface area contributed by atoms with Gasteiger partial charge in [-0.05, 0) is 79.1 Å². The Bertz CT molecular complexity index is 1160. The predicted octanol–water partition coefficient (Wildman–Crippen LogP) is 6.02. The van der Waals surface area contributed by atoms with Crippen LogP contribution in [0.25, 0.3) is 0 Å². The van der Waals surface area contributed by atoms with Crippen LogP contribution in [0.2, 0.25) is 0 Å². The van der Waals surface area contributed by atoms with Gasteiger partial charge in [-0.1, -0.05) is 60.1 Å². The number of carbonyl (C=O) groups is 2. The second kappa shape index (κ2) is 7.89. The minimum Gasteiger partial charge on any atom is -0.295 e. The number of hydrogen-bond donors (Lipinski definition) is 1. The van der Waals surface area contributed by atoms with Gasteiger partial charge in [0.05, 0.1) is 5.57 Å². The molecule has 0 aliphatic heterocycles. The van der Waals surface area contributed by atoms with Crippen LogP contribution in [-0.4, -0.2) is 36.2 Å². The molecule has 0 aromatic carbocycles. The summed E-state index contributed by atoms with van der Waals surface area (Å²) >= 11 is 0. The van der Waals surface area contributed by atoms with E-state index < -0.39 is 10.8 Å². The first-order valence-electron chi connectivity index (χ1n) is 14.4. The number of rotatable bonds is 2. The molecule has 0 aromatic rings. The zero-order valence-corrected chi connectivity index (χ0v) is 24.5. The maximum Gasteiger partial charge on any atom is 0.178 e. The third-order valence-electron chi connectivity index (χ3n) is 12.3. The summed E-state index contributed by atoms with van der Waals surface area (Å²) < 4.78 is 0. The standard InChI is InChI=1S/C32H47N3O2/c1-27(2)12-14-32(34-35(8)9)15-13-31(7)25(21(32)18-27)22(36)16-24-29(5)17-20(19-33)26(37)28(3,4)23(29)10-11-30(24,31)6/h16-17,21,23,25,34H,10-15,18H2,1-9H3/t21?,23-,25?,29-,30+,31+,32-/m0/s1. The molecule has 0 amide bonds. The minimum absolute atomic E-state index is 0.0279. The average molecular weight is 506 g/mol. The first-order chi connectivity index (χ1) is 17.0. The zero-order chi connectivity index (χ0) is 27.4. The van der Waals surface area contributed by atoms with Crippen LogP contribution in [0, 0.1) is 56.2 Å². The molecule has 3 fully saturated rings. The smallest absolute Gasteiger partial charge is 0.178 e. The molecule has 5 nitrogen and oxygen atoms in total. The Labute approximate surface area is 224 Å². The van der Waals surface area contributed by atoms with Crippen LogP contribution in [0.3, 0.4) is 0 Å². The van der Waals surface area contributed by atoms with Crippen molar-refractivity contribution < 1.29 is 9.59 Å². The lowest BCUT2D eigenvalue weighted by atomic mass is 9.35. The van der Waals surface area contributed by atoms with Crippen molar-refractivity contribution in [3.63, 3.8) is 0 Å². The summed E-state index contributed by atoms with van der Waals surface area (Å²) in [5.41, 5.74) is 4.05. The largest absolute Gasteiger partial charge is 0.295 e. The summed E-state index contributed by atoms with van der Waals surface area (Å²) in [4.78, 5) is 27.7. The summed E-state index contributed by atoms with van der Waals surface area (Å²) in [6, 6.07) is 2.21. The number of allylic oxidation sites excluding steroid dienone is 4. The van der Waals surface area contributed by atoms with E-state index in [4.69, 9.17) is 0 Å². The normalized spacial score (nSPS) is 46.0. The molecule has 7 atom stereocenters. The van der Waals surface area contributed by atoms with Crippen LogP contribution in [0.15, 0.2) is 23.3 Å². The van der Waals surface area contributed by atoms with Crippen molar-refractivity contribution in [2.45, 2.75) is 99.0 Å². The second-order valence-corrected chi connectivity index (χ2v) is 15.4. The van der Waals surface area contributed by atoms with Crippen molar-refractivity contribution in [2.24, 2.45) is 44.8 Å². The van der Waals surface area contributed by atoms with Gasteiger partial charge in [0.2, 0.25) is 0 Å². The van der Waals surface area contributed by atoms with E-state index in [1.165, 1.54) is 12.0 Å². The number of hydrogen-bond acceptors (Lipinski definition) is 5. The SMILES string of the molecule is CN(C)N[C@]12CCC(C)(C)CC1C1C(=O)C=C3[C@@]4(C)C=C(C#N)C(=O)C(C)(C)[C@@H]4CC[C@@]3(C)[C@]1(C)CC2. The molecule has 2 unspecified atom stereocenters. The number of carbonyl (C=O) groups excluding carboxylic acids is 2. The van der Waals surface area contributed by atoms with Crippen molar-refractivity contribution >= 4 is 11.6 Å². The van der Waals surface area contributed by atoms with Crippen molar-refractivity contribution in [1.82, 2.24) is 10.4 Å². The maximum absolute atomic E-state index is 14.4. The van der Waals surface area contributed by atoms with Crippen LogP contribution in [0.4, 0.5) is 0 Å². The van der Waals surface area contributed by atoms with Crippen LogP contribution in [-0.2, 0) is 9.59 Å².